The number of aromatic carboxylic acids is 1. The third-order valence-electron chi connectivity index (χ3n) is 4.32. The van der Waals surface area contributed by atoms with Crippen LogP contribution in [0.1, 0.15) is 29.6 Å². The van der Waals surface area contributed by atoms with Gasteiger partial charge in [-0.05, 0) is 37.2 Å². The van der Waals surface area contributed by atoms with Crippen LogP contribution in [0.15, 0.2) is 18.2 Å². The molecule has 2 unspecified atom stereocenters. The van der Waals surface area contributed by atoms with Gasteiger partial charge in [-0.25, -0.2) is 4.79 Å². The van der Waals surface area contributed by atoms with E-state index in [1.807, 2.05) is 0 Å². The molecule has 0 spiro atoms. The molecule has 21 heavy (non-hydrogen) atoms. The monoisotopic (exact) mass is 290 g/mol. The molecule has 0 aliphatic heterocycles. The number of carbonyl (C=O) groups excluding carboxylic acids is 1. The van der Waals surface area contributed by atoms with Crippen LogP contribution in [0.5, 0.6) is 0 Å². The highest BCUT2D eigenvalue weighted by atomic mass is 16.6. The highest BCUT2D eigenvalue weighted by molar-refractivity contribution is 6.01. The number of nitro groups is 1. The Morgan fingerprint density at radius 3 is 2.48 bits per heavy atom. The molecule has 7 nitrogen and oxygen atoms in total. The summed E-state index contributed by atoms with van der Waals surface area (Å²) >= 11 is 0. The van der Waals surface area contributed by atoms with E-state index in [0.29, 0.717) is 11.8 Å². The fourth-order valence-corrected chi connectivity index (χ4v) is 3.10. The summed E-state index contributed by atoms with van der Waals surface area (Å²) in [4.78, 5) is 33.3. The van der Waals surface area contributed by atoms with Crippen molar-refractivity contribution in [2.24, 2.45) is 17.8 Å². The number of fused-ring (bicyclic) bond motifs is 1. The van der Waals surface area contributed by atoms with Crippen molar-refractivity contribution in [2.75, 3.05) is 5.32 Å². The van der Waals surface area contributed by atoms with Crippen molar-refractivity contribution in [2.45, 2.75) is 19.3 Å². The van der Waals surface area contributed by atoms with E-state index in [1.54, 1.807) is 0 Å². The zero-order valence-electron chi connectivity index (χ0n) is 11.1. The van der Waals surface area contributed by atoms with Gasteiger partial charge in [0, 0.05) is 18.1 Å². The van der Waals surface area contributed by atoms with Crippen LogP contribution in [0.2, 0.25) is 0 Å². The first kappa shape index (κ1) is 13.5. The summed E-state index contributed by atoms with van der Waals surface area (Å²) in [6, 6.07) is 3.42. The number of carbonyl (C=O) groups is 2. The highest BCUT2D eigenvalue weighted by Gasteiger charge is 2.48. The molecule has 0 heterocycles. The van der Waals surface area contributed by atoms with Crippen LogP contribution >= 0.6 is 0 Å². The number of anilines is 1. The standard InChI is InChI=1S/C14H14N2O5/c17-13(9-4-7-3-8(7)5-9)15-12-2-1-10(16(20)21)6-11(12)14(18)19/h1-2,6-9H,3-5H2,(H,15,17)(H,18,19). The maximum atomic E-state index is 12.1. The number of benzene rings is 1. The molecule has 0 bridgehead atoms. The van der Waals surface area contributed by atoms with Gasteiger partial charge >= 0.3 is 5.97 Å². The summed E-state index contributed by atoms with van der Waals surface area (Å²) in [5.41, 5.74) is -0.466. The van der Waals surface area contributed by atoms with E-state index < -0.39 is 10.9 Å². The number of hydrogen-bond donors (Lipinski definition) is 2. The van der Waals surface area contributed by atoms with Crippen LogP contribution in [0.3, 0.4) is 0 Å². The first-order valence-electron chi connectivity index (χ1n) is 6.78. The van der Waals surface area contributed by atoms with Crippen molar-refractivity contribution in [1.29, 1.82) is 0 Å². The van der Waals surface area contributed by atoms with Gasteiger partial charge in [0.15, 0.2) is 0 Å². The van der Waals surface area contributed by atoms with E-state index in [2.05, 4.69) is 5.32 Å². The predicted molar refractivity (Wildman–Crippen MR) is 73.0 cm³/mol. The van der Waals surface area contributed by atoms with Gasteiger partial charge in [-0.3, -0.25) is 14.9 Å². The van der Waals surface area contributed by atoms with Gasteiger partial charge in [-0.15, -0.1) is 0 Å². The topological polar surface area (TPSA) is 110 Å². The second kappa shape index (κ2) is 4.83. The third kappa shape index (κ3) is 2.58. The number of amides is 1. The number of rotatable bonds is 4. The summed E-state index contributed by atoms with van der Waals surface area (Å²) < 4.78 is 0. The van der Waals surface area contributed by atoms with Crippen LogP contribution in [-0.2, 0) is 4.79 Å². The number of nitrogens with zero attached hydrogens (tertiary/aromatic N) is 1. The van der Waals surface area contributed by atoms with Crippen molar-refractivity contribution in [3.05, 3.63) is 33.9 Å². The average Bonchev–Trinajstić information content (AvgIpc) is 3.05. The molecular formula is C14H14N2O5. The number of non-ortho nitro benzene ring substituents is 1. The predicted octanol–water partition coefficient (Wildman–Crippen LogP) is 2.28. The Kier molecular flexibility index (Phi) is 3.12. The number of nitrogens with one attached hydrogen (secondary N) is 1. The van der Waals surface area contributed by atoms with E-state index in [9.17, 15) is 19.7 Å². The molecule has 1 aromatic carbocycles. The first-order chi connectivity index (χ1) is 9.95. The van der Waals surface area contributed by atoms with Crippen molar-refractivity contribution < 1.29 is 19.6 Å². The van der Waals surface area contributed by atoms with Crippen molar-refractivity contribution in [3.63, 3.8) is 0 Å². The van der Waals surface area contributed by atoms with E-state index in [-0.39, 0.29) is 28.8 Å². The van der Waals surface area contributed by atoms with Crippen LogP contribution in [0.4, 0.5) is 11.4 Å². The van der Waals surface area contributed by atoms with Crippen molar-refractivity contribution in [1.82, 2.24) is 0 Å². The minimum Gasteiger partial charge on any atom is -0.478 e. The van der Waals surface area contributed by atoms with Crippen LogP contribution < -0.4 is 5.32 Å². The lowest BCUT2D eigenvalue weighted by Crippen LogP contribution is -2.23. The molecular weight excluding hydrogens is 276 g/mol. The molecule has 2 fully saturated rings. The second-order valence-electron chi connectivity index (χ2n) is 5.71. The molecule has 2 atom stereocenters. The molecule has 2 N–H and O–H groups in total. The summed E-state index contributed by atoms with van der Waals surface area (Å²) in [5.74, 6) is -0.277. The second-order valence-corrected chi connectivity index (χ2v) is 5.71. The van der Waals surface area contributed by atoms with Gasteiger partial charge < -0.3 is 10.4 Å². The van der Waals surface area contributed by atoms with Gasteiger partial charge in [-0.2, -0.15) is 0 Å². The van der Waals surface area contributed by atoms with Gasteiger partial charge in [0.2, 0.25) is 5.91 Å². The molecule has 2 aliphatic carbocycles. The van der Waals surface area contributed by atoms with Gasteiger partial charge in [0.25, 0.3) is 5.69 Å². The molecule has 0 radical (unpaired) electrons. The smallest absolute Gasteiger partial charge is 0.338 e. The van der Waals surface area contributed by atoms with E-state index in [0.717, 1.165) is 18.9 Å². The average molecular weight is 290 g/mol. The Morgan fingerprint density at radius 1 is 1.24 bits per heavy atom. The van der Waals surface area contributed by atoms with Crippen molar-refractivity contribution >= 4 is 23.3 Å². The molecule has 3 rings (SSSR count). The van der Waals surface area contributed by atoms with E-state index >= 15 is 0 Å². The largest absolute Gasteiger partial charge is 0.478 e. The molecule has 110 valence electrons. The molecule has 2 saturated carbocycles. The lowest BCUT2D eigenvalue weighted by molar-refractivity contribution is -0.384. The third-order valence-corrected chi connectivity index (χ3v) is 4.32. The maximum Gasteiger partial charge on any atom is 0.338 e. The molecule has 0 saturated heterocycles. The first-order valence-corrected chi connectivity index (χ1v) is 6.78. The Morgan fingerprint density at radius 2 is 1.90 bits per heavy atom. The number of hydrogen-bond acceptors (Lipinski definition) is 4. The Labute approximate surface area is 120 Å². The molecule has 1 amide bonds. The van der Waals surface area contributed by atoms with Crippen molar-refractivity contribution in [3.8, 4) is 0 Å². The molecule has 2 aliphatic rings. The van der Waals surface area contributed by atoms with E-state index in [1.165, 1.54) is 18.6 Å². The zero-order valence-corrected chi connectivity index (χ0v) is 11.1. The normalized spacial score (nSPS) is 26.0. The quantitative estimate of drug-likeness (QED) is 0.653. The number of carboxylic acids is 1. The van der Waals surface area contributed by atoms with Gasteiger partial charge in [0.1, 0.15) is 0 Å². The van der Waals surface area contributed by atoms with E-state index in [4.69, 9.17) is 5.11 Å². The lowest BCUT2D eigenvalue weighted by atomic mass is 10.0. The molecule has 0 aromatic heterocycles. The summed E-state index contributed by atoms with van der Waals surface area (Å²) in [6.07, 6.45) is 2.90. The number of carboxylic acid groups (broad SMARTS) is 1. The minimum absolute atomic E-state index is 0.0782. The summed E-state index contributed by atoms with van der Waals surface area (Å²) in [5, 5.41) is 22.4. The fourth-order valence-electron chi connectivity index (χ4n) is 3.10. The zero-order chi connectivity index (χ0) is 15.1. The van der Waals surface area contributed by atoms with Gasteiger partial charge in [-0.1, -0.05) is 0 Å². The van der Waals surface area contributed by atoms with Crippen LogP contribution in [0, 0.1) is 27.9 Å². The fraction of sp³-hybridized carbons (Fsp3) is 0.429. The highest BCUT2D eigenvalue weighted by Crippen LogP contribution is 2.54. The molecule has 1 aromatic rings. The SMILES string of the molecule is O=C(O)c1cc([N+](=O)[O-])ccc1NC(=O)C1CC2CC2C1. The molecule has 7 heteroatoms. The lowest BCUT2D eigenvalue weighted by Gasteiger charge is -2.13. The Balaban J connectivity index is 1.79. The Hall–Kier alpha value is -2.44. The minimum atomic E-state index is -1.30. The number of nitro benzene ring substituents is 1. The van der Waals surface area contributed by atoms with Crippen LogP contribution in [0.25, 0.3) is 0 Å². The van der Waals surface area contributed by atoms with Crippen LogP contribution in [-0.4, -0.2) is 21.9 Å². The summed E-state index contributed by atoms with van der Waals surface area (Å²) in [7, 11) is 0. The maximum absolute atomic E-state index is 12.1. The van der Waals surface area contributed by atoms with Gasteiger partial charge in [0.05, 0.1) is 16.2 Å². The summed E-state index contributed by atoms with van der Waals surface area (Å²) in [6.45, 7) is 0. The Bertz CT molecular complexity index is 632.